The third-order valence-corrected chi connectivity index (χ3v) is 14.0. The molecular weight excluding hydrogens is 775 g/mol. The van der Waals surface area contributed by atoms with Crippen LogP contribution in [0.15, 0.2) is 253 Å². The number of hydrogen-bond acceptors (Lipinski definition) is 2. The third kappa shape index (κ3) is 5.02. The largest absolute Gasteiger partial charge is 0.456 e. The van der Waals surface area contributed by atoms with E-state index in [1.807, 2.05) is 6.07 Å². The van der Waals surface area contributed by atoms with E-state index in [1.165, 1.54) is 66.8 Å². The highest BCUT2D eigenvalue weighted by molar-refractivity contribution is 6.07. The molecule has 11 aromatic rings. The molecule has 10 aromatic carbocycles. The molecule has 1 aromatic heterocycles. The Hall–Kier alpha value is -8.20. The van der Waals surface area contributed by atoms with Crippen LogP contribution in [0.25, 0.3) is 44.2 Å². The first-order chi connectivity index (χ1) is 31.8. The zero-order valence-corrected chi connectivity index (χ0v) is 35.0. The summed E-state index contributed by atoms with van der Waals surface area (Å²) in [6.07, 6.45) is 0. The van der Waals surface area contributed by atoms with Crippen LogP contribution in [0.3, 0.4) is 0 Å². The summed E-state index contributed by atoms with van der Waals surface area (Å²) in [5.41, 5.74) is 18.8. The average molecular weight is 816 g/mol. The van der Waals surface area contributed by atoms with Gasteiger partial charge in [0.2, 0.25) is 0 Å². The van der Waals surface area contributed by atoms with Crippen LogP contribution >= 0.6 is 0 Å². The number of para-hydroxylation sites is 1. The number of hydrogen-bond donors (Lipinski definition) is 0. The van der Waals surface area contributed by atoms with E-state index >= 15 is 0 Å². The van der Waals surface area contributed by atoms with Crippen molar-refractivity contribution >= 4 is 39.0 Å². The van der Waals surface area contributed by atoms with E-state index < -0.39 is 10.8 Å². The van der Waals surface area contributed by atoms with Crippen LogP contribution in [0.5, 0.6) is 0 Å². The first kappa shape index (κ1) is 36.5. The fourth-order valence-electron chi connectivity index (χ4n) is 11.5. The van der Waals surface area contributed by atoms with Gasteiger partial charge in [-0.25, -0.2) is 0 Å². The quantitative estimate of drug-likeness (QED) is 0.159. The van der Waals surface area contributed by atoms with Gasteiger partial charge in [-0.15, -0.1) is 0 Å². The lowest BCUT2D eigenvalue weighted by atomic mass is 9.67. The van der Waals surface area contributed by atoms with E-state index in [9.17, 15) is 0 Å². The van der Waals surface area contributed by atoms with Crippen molar-refractivity contribution in [1.82, 2.24) is 0 Å². The Kier molecular flexibility index (Phi) is 8.07. The number of fused-ring (bicyclic) bond motifs is 9. The van der Waals surface area contributed by atoms with Crippen LogP contribution in [0.1, 0.15) is 44.5 Å². The molecule has 64 heavy (non-hydrogen) atoms. The minimum atomic E-state index is -0.556. The number of rotatable bonds is 7. The van der Waals surface area contributed by atoms with Crippen LogP contribution in [0, 0.1) is 0 Å². The summed E-state index contributed by atoms with van der Waals surface area (Å²) in [6, 6.07) is 91.5. The predicted octanol–water partition coefficient (Wildman–Crippen LogP) is 15.8. The molecule has 0 bridgehead atoms. The molecule has 0 saturated carbocycles. The van der Waals surface area contributed by atoms with Crippen LogP contribution in [-0.4, -0.2) is 0 Å². The molecule has 0 aliphatic heterocycles. The molecule has 0 saturated heterocycles. The van der Waals surface area contributed by atoms with Gasteiger partial charge in [0, 0.05) is 33.8 Å². The second kappa shape index (κ2) is 14.2. The van der Waals surface area contributed by atoms with E-state index in [0.717, 1.165) is 39.0 Å². The first-order valence-corrected chi connectivity index (χ1v) is 22.2. The van der Waals surface area contributed by atoms with Crippen LogP contribution in [0.2, 0.25) is 0 Å². The van der Waals surface area contributed by atoms with Crippen molar-refractivity contribution in [3.63, 3.8) is 0 Å². The number of benzene rings is 10. The lowest BCUT2D eigenvalue weighted by Crippen LogP contribution is -2.29. The predicted molar refractivity (Wildman–Crippen MR) is 263 cm³/mol. The molecule has 2 aliphatic carbocycles. The molecule has 0 radical (unpaired) electrons. The first-order valence-electron chi connectivity index (χ1n) is 22.2. The van der Waals surface area contributed by atoms with Crippen LogP contribution < -0.4 is 4.90 Å². The van der Waals surface area contributed by atoms with Gasteiger partial charge in [-0.05, 0) is 97.6 Å². The Morgan fingerprint density at radius 2 is 0.750 bits per heavy atom. The fourth-order valence-corrected chi connectivity index (χ4v) is 11.5. The maximum Gasteiger partial charge on any atom is 0.137 e. The molecule has 0 atom stereocenters. The summed E-state index contributed by atoms with van der Waals surface area (Å²) in [4.78, 5) is 2.48. The van der Waals surface area contributed by atoms with E-state index in [1.54, 1.807) is 0 Å². The Bertz CT molecular complexity index is 3470. The second-order valence-electron chi connectivity index (χ2n) is 17.1. The topological polar surface area (TPSA) is 16.4 Å². The van der Waals surface area contributed by atoms with Gasteiger partial charge in [0.05, 0.1) is 16.5 Å². The van der Waals surface area contributed by atoms with Crippen molar-refractivity contribution in [2.24, 2.45) is 0 Å². The van der Waals surface area contributed by atoms with Gasteiger partial charge < -0.3 is 9.32 Å². The lowest BCUT2D eigenvalue weighted by Gasteiger charge is -2.35. The Morgan fingerprint density at radius 1 is 0.297 bits per heavy atom. The van der Waals surface area contributed by atoms with Gasteiger partial charge in [0.25, 0.3) is 0 Å². The molecular formula is C62H41NO. The maximum absolute atomic E-state index is 6.65. The van der Waals surface area contributed by atoms with Crippen LogP contribution in [-0.2, 0) is 10.8 Å². The highest BCUT2D eigenvalue weighted by Crippen LogP contribution is 2.61. The summed E-state index contributed by atoms with van der Waals surface area (Å²) in [7, 11) is 0. The Labute approximate surface area is 373 Å². The summed E-state index contributed by atoms with van der Waals surface area (Å²) < 4.78 is 6.65. The smallest absolute Gasteiger partial charge is 0.137 e. The average Bonchev–Trinajstić information content (AvgIpc) is 4.00. The standard InChI is InChI=1S/C62H41NO/c1-5-20-42(21-6-1)61(43-22-7-2-8-23-43)54-32-17-14-30-52(54)60-55(61)33-19-34-57(60)63(47-37-39-51-50-29-15-18-35-58(50)64-59(51)41-47)46-36-38-49-48-28-13-16-31-53(48)62(56(49)40-46,44-24-9-3-10-25-44)45-26-11-4-12-27-45/h1-41H. The zero-order valence-electron chi connectivity index (χ0n) is 35.0. The SMILES string of the molecule is c1ccc(C2(c3ccccc3)c3ccccc3-c3ccc(N(c4ccc5c(c4)oc4ccccc45)c4cccc5c4-c4ccccc4C5(c4ccccc4)c4ccccc4)cc32)cc1. The molecule has 0 unspecified atom stereocenters. The van der Waals surface area contributed by atoms with E-state index in [-0.39, 0.29) is 0 Å². The van der Waals surface area contributed by atoms with E-state index in [0.29, 0.717) is 0 Å². The molecule has 0 fully saturated rings. The maximum atomic E-state index is 6.65. The summed E-state index contributed by atoms with van der Waals surface area (Å²) in [5.74, 6) is 0. The number of anilines is 3. The van der Waals surface area contributed by atoms with Crippen molar-refractivity contribution in [1.29, 1.82) is 0 Å². The van der Waals surface area contributed by atoms with Gasteiger partial charge in [0.15, 0.2) is 0 Å². The molecule has 300 valence electrons. The molecule has 0 spiro atoms. The monoisotopic (exact) mass is 815 g/mol. The Balaban J connectivity index is 1.13. The third-order valence-electron chi connectivity index (χ3n) is 14.0. The molecule has 0 amide bonds. The van der Waals surface area contributed by atoms with Crippen molar-refractivity contribution in [2.75, 3.05) is 4.90 Å². The van der Waals surface area contributed by atoms with Crippen molar-refractivity contribution < 1.29 is 4.42 Å². The molecule has 2 aliphatic rings. The molecule has 2 heteroatoms. The van der Waals surface area contributed by atoms with E-state index in [4.69, 9.17) is 4.42 Å². The van der Waals surface area contributed by atoms with Crippen LogP contribution in [0.4, 0.5) is 17.1 Å². The molecule has 13 rings (SSSR count). The second-order valence-corrected chi connectivity index (χ2v) is 17.1. The number of nitrogens with zero attached hydrogens (tertiary/aromatic N) is 1. The van der Waals surface area contributed by atoms with Gasteiger partial charge in [0.1, 0.15) is 11.2 Å². The Morgan fingerprint density at radius 3 is 1.39 bits per heavy atom. The zero-order chi connectivity index (χ0) is 42.2. The highest BCUT2D eigenvalue weighted by Gasteiger charge is 2.49. The minimum absolute atomic E-state index is 0.547. The minimum Gasteiger partial charge on any atom is -0.456 e. The highest BCUT2D eigenvalue weighted by atomic mass is 16.3. The van der Waals surface area contributed by atoms with Crippen molar-refractivity contribution in [3.8, 4) is 22.3 Å². The molecule has 1 heterocycles. The summed E-state index contributed by atoms with van der Waals surface area (Å²) in [6.45, 7) is 0. The van der Waals surface area contributed by atoms with Gasteiger partial charge >= 0.3 is 0 Å². The van der Waals surface area contributed by atoms with E-state index in [2.05, 4.69) is 248 Å². The summed E-state index contributed by atoms with van der Waals surface area (Å²) in [5, 5.41) is 2.22. The van der Waals surface area contributed by atoms with Crippen molar-refractivity contribution in [3.05, 3.63) is 293 Å². The molecule has 2 nitrogen and oxygen atoms in total. The number of furan rings is 1. The fraction of sp³-hybridized carbons (Fsp3) is 0.0323. The lowest BCUT2D eigenvalue weighted by molar-refractivity contribution is 0.669. The summed E-state index contributed by atoms with van der Waals surface area (Å²) >= 11 is 0. The normalized spacial score (nSPS) is 13.9. The van der Waals surface area contributed by atoms with Gasteiger partial charge in [-0.1, -0.05) is 206 Å². The van der Waals surface area contributed by atoms with Crippen molar-refractivity contribution in [2.45, 2.75) is 10.8 Å². The van der Waals surface area contributed by atoms with Gasteiger partial charge in [-0.2, -0.15) is 0 Å². The molecule has 0 N–H and O–H groups in total. The van der Waals surface area contributed by atoms with Gasteiger partial charge in [-0.3, -0.25) is 0 Å².